The molecule has 0 atom stereocenters. The summed E-state index contributed by atoms with van der Waals surface area (Å²) < 4.78 is 22.0. The Bertz CT molecular complexity index is 437. The first-order chi connectivity index (χ1) is 6.95. The zero-order valence-electron chi connectivity index (χ0n) is 8.55. The van der Waals surface area contributed by atoms with Gasteiger partial charge in [0.25, 0.3) is 0 Å². The number of sulfonamides is 1. The first kappa shape index (κ1) is 11.7. The maximum atomic E-state index is 11.0. The number of likely N-dealkylation sites (N-methyl/N-ethyl adjacent to an activating group) is 1. The van der Waals surface area contributed by atoms with Gasteiger partial charge in [0.15, 0.2) is 0 Å². The predicted molar refractivity (Wildman–Crippen MR) is 61.3 cm³/mol. The molecule has 0 heterocycles. The number of primary sulfonamides is 1. The van der Waals surface area contributed by atoms with Crippen LogP contribution in [0.5, 0.6) is 0 Å². The van der Waals surface area contributed by atoms with E-state index < -0.39 is 10.0 Å². The Hall–Kier alpha value is -1.33. The normalized spacial score (nSPS) is 11.1. The van der Waals surface area contributed by atoms with E-state index in [1.807, 2.05) is 11.9 Å². The molecule has 0 unspecified atom stereocenters. The molecule has 0 amide bonds. The smallest absolute Gasteiger partial charge is 0.238 e. The van der Waals surface area contributed by atoms with E-state index in [0.717, 1.165) is 5.69 Å². The van der Waals surface area contributed by atoms with Gasteiger partial charge in [-0.25, -0.2) is 13.6 Å². The number of hydrogen-bond acceptors (Lipinski definition) is 3. The van der Waals surface area contributed by atoms with Gasteiger partial charge in [-0.15, -0.1) is 6.58 Å². The lowest BCUT2D eigenvalue weighted by atomic mass is 10.3. The second kappa shape index (κ2) is 4.46. The van der Waals surface area contributed by atoms with Crippen molar-refractivity contribution in [1.29, 1.82) is 0 Å². The topological polar surface area (TPSA) is 63.4 Å². The summed E-state index contributed by atoms with van der Waals surface area (Å²) in [5.74, 6) is 0. The van der Waals surface area contributed by atoms with Crippen LogP contribution in [0.2, 0.25) is 0 Å². The SMILES string of the molecule is C=CCN(C)c1ccc(S(N)(=O)=O)cc1. The van der Waals surface area contributed by atoms with Crippen molar-refractivity contribution < 1.29 is 8.42 Å². The summed E-state index contributed by atoms with van der Waals surface area (Å²) in [6.45, 7) is 4.33. The van der Waals surface area contributed by atoms with E-state index in [-0.39, 0.29) is 4.90 Å². The van der Waals surface area contributed by atoms with Crippen molar-refractivity contribution in [3.8, 4) is 0 Å². The molecule has 0 fully saturated rings. The van der Waals surface area contributed by atoms with Crippen LogP contribution in [0.3, 0.4) is 0 Å². The summed E-state index contributed by atoms with van der Waals surface area (Å²) in [6.07, 6.45) is 1.77. The molecule has 2 N–H and O–H groups in total. The Kier molecular flexibility index (Phi) is 3.49. The van der Waals surface area contributed by atoms with Crippen molar-refractivity contribution in [2.24, 2.45) is 5.14 Å². The Labute approximate surface area is 90.1 Å². The molecule has 0 aliphatic rings. The van der Waals surface area contributed by atoms with Crippen molar-refractivity contribution in [3.05, 3.63) is 36.9 Å². The molecule has 4 nitrogen and oxygen atoms in total. The molecule has 0 bridgehead atoms. The number of anilines is 1. The highest BCUT2D eigenvalue weighted by Crippen LogP contribution is 2.15. The van der Waals surface area contributed by atoms with Gasteiger partial charge in [0.1, 0.15) is 0 Å². The van der Waals surface area contributed by atoms with Crippen molar-refractivity contribution in [2.45, 2.75) is 4.90 Å². The van der Waals surface area contributed by atoms with Gasteiger partial charge in [-0.3, -0.25) is 0 Å². The third kappa shape index (κ3) is 3.07. The lowest BCUT2D eigenvalue weighted by Gasteiger charge is -2.16. The molecule has 0 aliphatic heterocycles. The van der Waals surface area contributed by atoms with Crippen LogP contribution in [-0.4, -0.2) is 22.0 Å². The van der Waals surface area contributed by atoms with Crippen LogP contribution in [0, 0.1) is 0 Å². The van der Waals surface area contributed by atoms with Crippen LogP contribution < -0.4 is 10.0 Å². The number of benzene rings is 1. The molecule has 15 heavy (non-hydrogen) atoms. The first-order valence-electron chi connectivity index (χ1n) is 4.40. The minimum absolute atomic E-state index is 0.123. The largest absolute Gasteiger partial charge is 0.371 e. The fourth-order valence-electron chi connectivity index (χ4n) is 1.19. The third-order valence-electron chi connectivity index (χ3n) is 2.01. The van der Waals surface area contributed by atoms with Crippen LogP contribution in [-0.2, 0) is 10.0 Å². The lowest BCUT2D eigenvalue weighted by molar-refractivity contribution is 0.598. The van der Waals surface area contributed by atoms with Gasteiger partial charge in [-0.1, -0.05) is 6.08 Å². The molecule has 1 aromatic rings. The average molecular weight is 226 g/mol. The summed E-state index contributed by atoms with van der Waals surface area (Å²) in [5, 5.41) is 4.98. The van der Waals surface area contributed by atoms with Gasteiger partial charge >= 0.3 is 0 Å². The standard InChI is InChI=1S/C10H14N2O2S/c1-3-8-12(2)9-4-6-10(7-5-9)15(11,13)14/h3-7H,1,8H2,2H3,(H2,11,13,14). The quantitative estimate of drug-likeness (QED) is 0.778. The van der Waals surface area contributed by atoms with Crippen molar-refractivity contribution in [2.75, 3.05) is 18.5 Å². The van der Waals surface area contributed by atoms with Gasteiger partial charge in [0, 0.05) is 19.3 Å². The molecule has 0 radical (unpaired) electrons. The summed E-state index contributed by atoms with van der Waals surface area (Å²) in [6, 6.07) is 6.40. The monoisotopic (exact) mass is 226 g/mol. The number of nitrogens with two attached hydrogens (primary N) is 1. The molecule has 0 saturated heterocycles. The number of hydrogen-bond donors (Lipinski definition) is 1. The maximum Gasteiger partial charge on any atom is 0.238 e. The van der Waals surface area contributed by atoms with E-state index in [0.29, 0.717) is 6.54 Å². The molecule has 0 aliphatic carbocycles. The minimum atomic E-state index is -3.60. The van der Waals surface area contributed by atoms with E-state index in [9.17, 15) is 8.42 Å². The van der Waals surface area contributed by atoms with Gasteiger partial charge in [0.2, 0.25) is 10.0 Å². The fraction of sp³-hybridized carbons (Fsp3) is 0.200. The Morgan fingerprint density at radius 2 is 1.93 bits per heavy atom. The van der Waals surface area contributed by atoms with E-state index >= 15 is 0 Å². The summed E-state index contributed by atoms with van der Waals surface area (Å²) >= 11 is 0. The number of rotatable bonds is 4. The van der Waals surface area contributed by atoms with Crippen molar-refractivity contribution in [1.82, 2.24) is 0 Å². The van der Waals surface area contributed by atoms with Gasteiger partial charge in [-0.05, 0) is 24.3 Å². The number of nitrogens with zero attached hydrogens (tertiary/aromatic N) is 1. The van der Waals surface area contributed by atoms with Crippen LogP contribution in [0.15, 0.2) is 41.8 Å². The fourth-order valence-corrected chi connectivity index (χ4v) is 1.70. The van der Waals surface area contributed by atoms with E-state index in [2.05, 4.69) is 6.58 Å². The van der Waals surface area contributed by atoms with Gasteiger partial charge in [0.05, 0.1) is 4.90 Å². The van der Waals surface area contributed by atoms with E-state index in [1.165, 1.54) is 12.1 Å². The minimum Gasteiger partial charge on any atom is -0.371 e. The van der Waals surface area contributed by atoms with Crippen LogP contribution in [0.4, 0.5) is 5.69 Å². The summed E-state index contributed by atoms with van der Waals surface area (Å²) in [4.78, 5) is 2.07. The Morgan fingerprint density at radius 1 is 1.40 bits per heavy atom. The lowest BCUT2D eigenvalue weighted by Crippen LogP contribution is -2.17. The highest BCUT2D eigenvalue weighted by Gasteiger charge is 2.07. The zero-order chi connectivity index (χ0) is 11.5. The average Bonchev–Trinajstić information content (AvgIpc) is 2.17. The molecular weight excluding hydrogens is 212 g/mol. The Balaban J connectivity index is 2.95. The van der Waals surface area contributed by atoms with Crippen LogP contribution in [0.1, 0.15) is 0 Å². The maximum absolute atomic E-state index is 11.0. The first-order valence-corrected chi connectivity index (χ1v) is 5.94. The highest BCUT2D eigenvalue weighted by molar-refractivity contribution is 7.89. The molecular formula is C10H14N2O2S. The summed E-state index contributed by atoms with van der Waals surface area (Å²) in [7, 11) is -1.70. The van der Waals surface area contributed by atoms with Crippen LogP contribution >= 0.6 is 0 Å². The molecule has 5 heteroatoms. The van der Waals surface area contributed by atoms with Gasteiger partial charge in [-0.2, -0.15) is 0 Å². The van der Waals surface area contributed by atoms with Crippen molar-refractivity contribution in [3.63, 3.8) is 0 Å². The molecule has 0 spiro atoms. The van der Waals surface area contributed by atoms with Crippen molar-refractivity contribution >= 4 is 15.7 Å². The second-order valence-electron chi connectivity index (χ2n) is 3.21. The zero-order valence-corrected chi connectivity index (χ0v) is 9.37. The van der Waals surface area contributed by atoms with Gasteiger partial charge < -0.3 is 4.90 Å². The molecule has 1 rings (SSSR count). The summed E-state index contributed by atoms with van der Waals surface area (Å²) in [5.41, 5.74) is 0.919. The van der Waals surface area contributed by atoms with E-state index in [1.54, 1.807) is 18.2 Å². The molecule has 0 saturated carbocycles. The molecule has 0 aromatic heterocycles. The van der Waals surface area contributed by atoms with E-state index in [4.69, 9.17) is 5.14 Å². The predicted octanol–water partition coefficient (Wildman–Crippen LogP) is 0.956. The van der Waals surface area contributed by atoms with Crippen LogP contribution in [0.25, 0.3) is 0 Å². The second-order valence-corrected chi connectivity index (χ2v) is 4.77. The highest BCUT2D eigenvalue weighted by atomic mass is 32.2. The molecule has 1 aromatic carbocycles. The third-order valence-corrected chi connectivity index (χ3v) is 2.94. The molecule has 82 valence electrons. The Morgan fingerprint density at radius 3 is 2.33 bits per heavy atom.